The number of rotatable bonds is 0. The molecule has 0 bridgehead atoms. The summed E-state index contributed by atoms with van der Waals surface area (Å²) in [5.41, 5.74) is 4.00. The smallest absolute Gasteiger partial charge is 0.381 e. The highest BCUT2D eigenvalue weighted by Crippen LogP contribution is 2.28. The van der Waals surface area contributed by atoms with Crippen LogP contribution >= 0.6 is 15.9 Å². The number of anilines is 1. The van der Waals surface area contributed by atoms with E-state index < -0.39 is 11.9 Å². The molecule has 1 rings (SSSR count). The van der Waals surface area contributed by atoms with E-state index in [2.05, 4.69) is 25.9 Å². The van der Waals surface area contributed by atoms with Crippen LogP contribution < -0.4 is 5.73 Å². The van der Waals surface area contributed by atoms with Crippen molar-refractivity contribution in [1.29, 1.82) is 0 Å². The summed E-state index contributed by atoms with van der Waals surface area (Å²) in [6.45, 7) is 0. The van der Waals surface area contributed by atoms with Gasteiger partial charge in [0.2, 0.25) is 0 Å². The van der Waals surface area contributed by atoms with Crippen LogP contribution in [-0.2, 0) is 6.18 Å². The molecule has 0 aromatic carbocycles. The van der Waals surface area contributed by atoms with Gasteiger partial charge >= 0.3 is 6.18 Å². The normalized spacial score (nSPS) is 11.7. The second-order valence-corrected chi connectivity index (χ2v) is 2.68. The molecule has 0 saturated carbocycles. The molecule has 0 atom stereocenters. The van der Waals surface area contributed by atoms with Crippen molar-refractivity contribution in [2.45, 2.75) is 6.18 Å². The minimum atomic E-state index is -4.50. The molecule has 2 N–H and O–H groups in total. The number of aromatic nitrogens is 2. The molecule has 0 saturated heterocycles. The van der Waals surface area contributed by atoms with Crippen molar-refractivity contribution in [2.24, 2.45) is 0 Å². The van der Waals surface area contributed by atoms with E-state index in [0.717, 1.165) is 0 Å². The number of halogens is 4. The van der Waals surface area contributed by atoms with Crippen LogP contribution in [-0.4, -0.2) is 9.97 Å². The summed E-state index contributed by atoms with van der Waals surface area (Å²) >= 11 is 2.83. The van der Waals surface area contributed by atoms with Crippen LogP contribution in [0.25, 0.3) is 0 Å². The highest BCUT2D eigenvalue weighted by atomic mass is 79.9. The Labute approximate surface area is 73.9 Å². The van der Waals surface area contributed by atoms with Crippen molar-refractivity contribution >= 4 is 21.7 Å². The van der Waals surface area contributed by atoms with E-state index in [1.807, 2.05) is 0 Å². The van der Waals surface area contributed by atoms with Crippen LogP contribution in [0.3, 0.4) is 0 Å². The lowest BCUT2D eigenvalue weighted by atomic mass is 10.4. The molecule has 0 aliphatic rings. The lowest BCUT2D eigenvalue weighted by molar-refractivity contribution is -0.141. The summed E-state index contributed by atoms with van der Waals surface area (Å²) in [6, 6.07) is 0. The Bertz CT molecular complexity index is 298. The molecule has 3 nitrogen and oxygen atoms in total. The van der Waals surface area contributed by atoms with Crippen LogP contribution in [0.1, 0.15) is 5.69 Å². The Morgan fingerprint density at radius 3 is 2.42 bits per heavy atom. The molecule has 0 spiro atoms. The minimum absolute atomic E-state index is 0.107. The average Bonchev–Trinajstić information content (AvgIpc) is 1.92. The Balaban J connectivity index is 3.14. The predicted octanol–water partition coefficient (Wildman–Crippen LogP) is 1.84. The van der Waals surface area contributed by atoms with E-state index in [9.17, 15) is 13.2 Å². The molecule has 0 radical (unpaired) electrons. The molecular weight excluding hydrogens is 239 g/mol. The first-order valence-corrected chi connectivity index (χ1v) is 3.56. The van der Waals surface area contributed by atoms with Gasteiger partial charge < -0.3 is 5.73 Å². The summed E-state index contributed by atoms with van der Waals surface area (Å²) in [7, 11) is 0. The maximum Gasteiger partial charge on any atom is 0.434 e. The zero-order valence-corrected chi connectivity index (χ0v) is 7.15. The Morgan fingerprint density at radius 1 is 1.42 bits per heavy atom. The molecular formula is C5H3BrF3N3. The topological polar surface area (TPSA) is 51.8 Å². The van der Waals surface area contributed by atoms with Crippen molar-refractivity contribution < 1.29 is 13.2 Å². The Hall–Kier alpha value is -0.850. The average molecular weight is 242 g/mol. The fraction of sp³-hybridized carbons (Fsp3) is 0.200. The number of hydrogen-bond acceptors (Lipinski definition) is 3. The summed E-state index contributed by atoms with van der Waals surface area (Å²) in [4.78, 5) is 6.44. The molecule has 12 heavy (non-hydrogen) atoms. The number of alkyl halides is 3. The second-order valence-electron chi connectivity index (χ2n) is 1.93. The lowest BCUT2D eigenvalue weighted by Crippen LogP contribution is -2.10. The summed E-state index contributed by atoms with van der Waals surface area (Å²) in [5.74, 6) is -0.273. The standard InChI is InChI=1S/C5H3BrF3N3/c6-3-4(10)12-2(1-11-3)5(7,8)9/h1H,(H2,10,12). The van der Waals surface area contributed by atoms with Gasteiger partial charge in [0.05, 0.1) is 6.20 Å². The number of nitrogens with two attached hydrogens (primary N) is 1. The number of hydrogen-bond donors (Lipinski definition) is 1. The monoisotopic (exact) mass is 241 g/mol. The van der Waals surface area contributed by atoms with Gasteiger partial charge in [-0.15, -0.1) is 0 Å². The molecule has 1 aromatic heterocycles. The SMILES string of the molecule is Nc1nc(C(F)(F)F)cnc1Br. The van der Waals surface area contributed by atoms with Crippen molar-refractivity contribution in [3.63, 3.8) is 0 Å². The molecule has 0 aliphatic heterocycles. The zero-order chi connectivity index (χ0) is 9.35. The predicted molar refractivity (Wildman–Crippen MR) is 39.1 cm³/mol. The molecule has 1 heterocycles. The van der Waals surface area contributed by atoms with E-state index in [1.165, 1.54) is 0 Å². The summed E-state index contributed by atoms with van der Waals surface area (Å²) < 4.78 is 35.9. The molecule has 0 aliphatic carbocycles. The van der Waals surface area contributed by atoms with Crippen molar-refractivity contribution in [3.05, 3.63) is 16.5 Å². The first-order valence-electron chi connectivity index (χ1n) is 2.76. The van der Waals surface area contributed by atoms with Gasteiger partial charge in [-0.05, 0) is 15.9 Å². The largest absolute Gasteiger partial charge is 0.434 e. The molecule has 0 unspecified atom stereocenters. The van der Waals surface area contributed by atoms with Gasteiger partial charge in [0.15, 0.2) is 11.5 Å². The second kappa shape index (κ2) is 2.89. The molecule has 7 heteroatoms. The fourth-order valence-electron chi connectivity index (χ4n) is 0.525. The van der Waals surface area contributed by atoms with Gasteiger partial charge in [-0.2, -0.15) is 13.2 Å². The first-order chi connectivity index (χ1) is 5.41. The van der Waals surface area contributed by atoms with Crippen LogP contribution in [0.15, 0.2) is 10.8 Å². The molecule has 0 fully saturated rings. The molecule has 1 aromatic rings. The highest BCUT2D eigenvalue weighted by Gasteiger charge is 2.33. The maximum atomic E-state index is 11.9. The third-order valence-electron chi connectivity index (χ3n) is 1.04. The number of nitrogens with zero attached hydrogens (tertiary/aromatic N) is 2. The van der Waals surface area contributed by atoms with Crippen LogP contribution in [0, 0.1) is 0 Å². The summed E-state index contributed by atoms with van der Waals surface area (Å²) in [5, 5.41) is 0. The number of nitrogen functional groups attached to an aromatic ring is 1. The third-order valence-corrected chi connectivity index (χ3v) is 1.65. The Kier molecular flexibility index (Phi) is 2.22. The van der Waals surface area contributed by atoms with Gasteiger partial charge in [0.1, 0.15) is 4.60 Å². The maximum absolute atomic E-state index is 11.9. The fourth-order valence-corrected chi connectivity index (χ4v) is 0.716. The van der Waals surface area contributed by atoms with E-state index >= 15 is 0 Å². The first kappa shape index (κ1) is 9.24. The van der Waals surface area contributed by atoms with Crippen LogP contribution in [0.2, 0.25) is 0 Å². The van der Waals surface area contributed by atoms with Gasteiger partial charge in [-0.25, -0.2) is 9.97 Å². The molecule has 66 valence electrons. The van der Waals surface area contributed by atoms with E-state index in [1.54, 1.807) is 0 Å². The van der Waals surface area contributed by atoms with Crippen molar-refractivity contribution in [1.82, 2.24) is 9.97 Å². The quantitative estimate of drug-likeness (QED) is 0.755. The van der Waals surface area contributed by atoms with Crippen LogP contribution in [0.4, 0.5) is 19.0 Å². The van der Waals surface area contributed by atoms with Gasteiger partial charge in [-0.1, -0.05) is 0 Å². The van der Waals surface area contributed by atoms with Gasteiger partial charge in [0, 0.05) is 0 Å². The van der Waals surface area contributed by atoms with E-state index in [4.69, 9.17) is 5.73 Å². The minimum Gasteiger partial charge on any atom is -0.381 e. The van der Waals surface area contributed by atoms with Gasteiger partial charge in [0.25, 0.3) is 0 Å². The molecule has 0 amide bonds. The van der Waals surface area contributed by atoms with Crippen LogP contribution in [0.5, 0.6) is 0 Å². The highest BCUT2D eigenvalue weighted by molar-refractivity contribution is 9.10. The lowest BCUT2D eigenvalue weighted by Gasteiger charge is -2.05. The van der Waals surface area contributed by atoms with E-state index in [-0.39, 0.29) is 10.4 Å². The third kappa shape index (κ3) is 1.84. The van der Waals surface area contributed by atoms with Gasteiger partial charge in [-0.3, -0.25) is 0 Å². The Morgan fingerprint density at radius 2 is 2.00 bits per heavy atom. The zero-order valence-electron chi connectivity index (χ0n) is 5.56. The van der Waals surface area contributed by atoms with Crippen molar-refractivity contribution in [3.8, 4) is 0 Å². The van der Waals surface area contributed by atoms with E-state index in [0.29, 0.717) is 6.20 Å². The van der Waals surface area contributed by atoms with Crippen molar-refractivity contribution in [2.75, 3.05) is 5.73 Å². The summed E-state index contributed by atoms with van der Waals surface area (Å²) in [6.07, 6.45) is -3.89.